The zero-order chi connectivity index (χ0) is 52.6. The molecule has 0 saturated heterocycles. The Hall–Kier alpha value is -7.44. The summed E-state index contributed by atoms with van der Waals surface area (Å²) in [5.41, 5.74) is 14.8. The molecule has 7 aromatic rings. The second kappa shape index (κ2) is 26.4. The standard InChI is InChI=1S/C65H75N7O4/c1-7-8-9-10-11-12-13-14-40-73-50-25-21-46(22-26-50)62-54-29-33-58(67-54)64(48-17-15-19-52(44-48)74-41-37-66-2)59-34-30-56(68-59)63(47-23-27-51(28-24-47)75-42-38-71(3)4)57-32-36-61(70-57)65(60-35-31-55(62)69-60)49-18-16-20-53(45-49)76-43-39-72(5)6/h15-36,44-45,66,68-69H,7-14,37-43H2,1-6H3. The van der Waals surface area contributed by atoms with Gasteiger partial charge in [0.05, 0.1) is 29.4 Å². The lowest BCUT2D eigenvalue weighted by atomic mass is 10.0. The summed E-state index contributed by atoms with van der Waals surface area (Å²) in [5.74, 6) is 3.26. The fraction of sp³-hybridized carbons (Fsp3) is 0.323. The van der Waals surface area contributed by atoms with Crippen LogP contribution in [0.3, 0.4) is 0 Å². The van der Waals surface area contributed by atoms with Crippen LogP contribution < -0.4 is 24.3 Å². The van der Waals surface area contributed by atoms with E-state index < -0.39 is 0 Å². The lowest BCUT2D eigenvalue weighted by molar-refractivity contribution is 0.261. The number of nitrogens with one attached hydrogen (secondary N) is 3. The summed E-state index contributed by atoms with van der Waals surface area (Å²) in [5, 5.41) is 3.19. The number of rotatable bonds is 26. The van der Waals surface area contributed by atoms with Crippen molar-refractivity contribution < 1.29 is 18.9 Å². The average Bonchev–Trinajstić information content (AvgIpc) is 4.28. The second-order valence-corrected chi connectivity index (χ2v) is 20.2. The van der Waals surface area contributed by atoms with Crippen molar-refractivity contribution in [3.63, 3.8) is 0 Å². The monoisotopic (exact) mass is 1020 g/mol. The summed E-state index contributed by atoms with van der Waals surface area (Å²) in [6, 6.07) is 42.1. The number of nitrogens with zero attached hydrogens (tertiary/aromatic N) is 4. The Labute approximate surface area is 449 Å². The summed E-state index contributed by atoms with van der Waals surface area (Å²) in [4.78, 5) is 23.1. The minimum atomic E-state index is 0.543. The maximum absolute atomic E-state index is 6.34. The van der Waals surface area contributed by atoms with Gasteiger partial charge in [-0.3, -0.25) is 0 Å². The molecule has 3 N–H and O–H groups in total. The van der Waals surface area contributed by atoms with Crippen molar-refractivity contribution in [1.82, 2.24) is 35.1 Å². The van der Waals surface area contributed by atoms with Gasteiger partial charge in [-0.2, -0.15) is 0 Å². The van der Waals surface area contributed by atoms with Gasteiger partial charge in [0.15, 0.2) is 0 Å². The van der Waals surface area contributed by atoms with Crippen LogP contribution in [0.5, 0.6) is 23.0 Å². The van der Waals surface area contributed by atoms with E-state index in [0.29, 0.717) is 26.4 Å². The first-order valence-corrected chi connectivity index (χ1v) is 27.3. The van der Waals surface area contributed by atoms with Crippen molar-refractivity contribution in [3.05, 3.63) is 144 Å². The van der Waals surface area contributed by atoms with E-state index in [-0.39, 0.29) is 0 Å². The number of H-pyrrole nitrogens is 2. The summed E-state index contributed by atoms with van der Waals surface area (Å²) >= 11 is 0. The molecule has 0 saturated carbocycles. The number of ether oxygens (including phenoxy) is 4. The van der Waals surface area contributed by atoms with Crippen molar-refractivity contribution in [1.29, 1.82) is 0 Å². The first-order chi connectivity index (χ1) is 37.2. The third-order valence-electron chi connectivity index (χ3n) is 13.8. The minimum absolute atomic E-state index is 0.543. The topological polar surface area (TPSA) is 113 Å². The molecule has 0 unspecified atom stereocenters. The van der Waals surface area contributed by atoms with Crippen molar-refractivity contribution in [3.8, 4) is 67.5 Å². The highest BCUT2D eigenvalue weighted by atomic mass is 16.5. The molecular formula is C65H75N7O4. The van der Waals surface area contributed by atoms with Crippen molar-refractivity contribution in [2.75, 3.05) is 81.3 Å². The molecule has 0 spiro atoms. The van der Waals surface area contributed by atoms with Crippen LogP contribution in [0, 0.1) is 0 Å². The van der Waals surface area contributed by atoms with E-state index in [1.165, 1.54) is 44.9 Å². The number of aromatic amines is 2. The molecule has 11 heteroatoms. The highest BCUT2D eigenvalue weighted by Gasteiger charge is 2.20. The SMILES string of the molecule is CCCCCCCCCCOc1ccc(-c2c3nc(c(-c4cccc(OCCNC)c4)c4ccc([nH]4)c(-c4ccc(OCCN(C)C)cc4)c4nc(c(-c5cccc(OCCN(C)C)c5)c5ccc2[nH]5)C=C4)C=C3)cc1. The Kier molecular flexibility index (Phi) is 18.5. The molecule has 76 heavy (non-hydrogen) atoms. The molecule has 8 bridgehead atoms. The Balaban J connectivity index is 1.24. The van der Waals surface area contributed by atoms with E-state index >= 15 is 0 Å². The number of likely N-dealkylation sites (N-methyl/N-ethyl adjacent to an activating group) is 3. The summed E-state index contributed by atoms with van der Waals surface area (Å²) in [7, 11) is 10.1. The number of hydrogen-bond acceptors (Lipinski definition) is 9. The third kappa shape index (κ3) is 13.7. The first kappa shape index (κ1) is 53.4. The second-order valence-electron chi connectivity index (χ2n) is 20.2. The quantitative estimate of drug-likeness (QED) is 0.0457. The van der Waals surface area contributed by atoms with Gasteiger partial charge in [-0.15, -0.1) is 0 Å². The zero-order valence-corrected chi connectivity index (χ0v) is 45.4. The molecule has 5 heterocycles. The molecule has 0 fully saturated rings. The Morgan fingerprint density at radius 2 is 0.789 bits per heavy atom. The van der Waals surface area contributed by atoms with Gasteiger partial charge in [0.2, 0.25) is 0 Å². The highest BCUT2D eigenvalue weighted by Crippen LogP contribution is 2.40. The van der Waals surface area contributed by atoms with Crippen LogP contribution >= 0.6 is 0 Å². The molecule has 0 radical (unpaired) electrons. The lowest BCUT2D eigenvalue weighted by Gasteiger charge is -2.12. The van der Waals surface area contributed by atoms with E-state index in [2.05, 4.69) is 182 Å². The average molecular weight is 1020 g/mol. The van der Waals surface area contributed by atoms with Gasteiger partial charge in [0, 0.05) is 64.0 Å². The third-order valence-corrected chi connectivity index (χ3v) is 13.8. The van der Waals surface area contributed by atoms with Gasteiger partial charge in [0.1, 0.15) is 42.8 Å². The first-order valence-electron chi connectivity index (χ1n) is 27.3. The fourth-order valence-electron chi connectivity index (χ4n) is 9.73. The summed E-state index contributed by atoms with van der Waals surface area (Å²) in [6.45, 7) is 7.03. The molecule has 0 aliphatic carbocycles. The number of aromatic nitrogens is 4. The van der Waals surface area contributed by atoms with Crippen LogP contribution in [0.1, 0.15) is 81.1 Å². The van der Waals surface area contributed by atoms with Gasteiger partial charge < -0.3 is 44.0 Å². The predicted octanol–water partition coefficient (Wildman–Crippen LogP) is 14.3. The van der Waals surface area contributed by atoms with Crippen LogP contribution in [0.2, 0.25) is 0 Å². The molecule has 0 atom stereocenters. The molecule has 2 aliphatic rings. The zero-order valence-electron chi connectivity index (χ0n) is 45.4. The minimum Gasteiger partial charge on any atom is -0.494 e. The lowest BCUT2D eigenvalue weighted by Crippen LogP contribution is -2.19. The van der Waals surface area contributed by atoms with Gasteiger partial charge in [-0.1, -0.05) is 100 Å². The summed E-state index contributed by atoms with van der Waals surface area (Å²) in [6.07, 6.45) is 18.6. The molecule has 4 aromatic carbocycles. The molecule has 9 rings (SSSR count). The van der Waals surface area contributed by atoms with Gasteiger partial charge in [-0.25, -0.2) is 9.97 Å². The van der Waals surface area contributed by atoms with Crippen LogP contribution in [-0.2, 0) is 0 Å². The molecular weight excluding hydrogens is 943 g/mol. The highest BCUT2D eigenvalue weighted by molar-refractivity contribution is 6.00. The van der Waals surface area contributed by atoms with Gasteiger partial charge >= 0.3 is 0 Å². The van der Waals surface area contributed by atoms with Crippen LogP contribution in [-0.4, -0.2) is 111 Å². The van der Waals surface area contributed by atoms with Crippen molar-refractivity contribution in [2.45, 2.75) is 58.3 Å². The maximum Gasteiger partial charge on any atom is 0.119 e. The maximum atomic E-state index is 6.34. The van der Waals surface area contributed by atoms with Crippen molar-refractivity contribution >= 4 is 46.4 Å². The van der Waals surface area contributed by atoms with E-state index in [0.717, 1.165) is 138 Å². The molecule has 3 aromatic heterocycles. The van der Waals surface area contributed by atoms with Crippen molar-refractivity contribution in [2.24, 2.45) is 0 Å². The van der Waals surface area contributed by atoms with Crippen LogP contribution in [0.4, 0.5) is 0 Å². The van der Waals surface area contributed by atoms with E-state index in [1.807, 2.05) is 31.3 Å². The number of hydrogen-bond donors (Lipinski definition) is 3. The van der Waals surface area contributed by atoms with Gasteiger partial charge in [-0.05, 0) is 161 Å². The normalized spacial score (nSPS) is 12.0. The van der Waals surface area contributed by atoms with E-state index in [9.17, 15) is 0 Å². The van der Waals surface area contributed by atoms with E-state index in [1.54, 1.807) is 0 Å². The molecule has 2 aliphatic heterocycles. The number of fused-ring (bicyclic) bond motifs is 8. The summed E-state index contributed by atoms with van der Waals surface area (Å²) < 4.78 is 25.1. The molecule has 394 valence electrons. The molecule has 0 amide bonds. The smallest absolute Gasteiger partial charge is 0.119 e. The van der Waals surface area contributed by atoms with Crippen LogP contribution in [0.25, 0.3) is 90.9 Å². The number of unbranched alkanes of at least 4 members (excludes halogenated alkanes) is 7. The fourth-order valence-corrected chi connectivity index (χ4v) is 9.73. The Bertz CT molecular complexity index is 3260. The predicted molar refractivity (Wildman–Crippen MR) is 316 cm³/mol. The molecule has 11 nitrogen and oxygen atoms in total. The Morgan fingerprint density at radius 3 is 1.21 bits per heavy atom. The van der Waals surface area contributed by atoms with Gasteiger partial charge in [0.25, 0.3) is 0 Å². The largest absolute Gasteiger partial charge is 0.494 e. The number of benzene rings is 4. The van der Waals surface area contributed by atoms with E-state index in [4.69, 9.17) is 28.9 Å². The van der Waals surface area contributed by atoms with Crippen LogP contribution in [0.15, 0.2) is 121 Å². The Morgan fingerprint density at radius 1 is 0.408 bits per heavy atom.